The molecule has 0 aromatic heterocycles. The molecule has 0 bridgehead atoms. The first-order valence-corrected chi connectivity index (χ1v) is 11.8. The van der Waals surface area contributed by atoms with Gasteiger partial charge in [-0.1, -0.05) is 55.5 Å². The quantitative estimate of drug-likeness (QED) is 0.282. The number of carbonyl (C=O) groups is 1. The first-order valence-electron chi connectivity index (χ1n) is 11.8. The number of carboxylic acids is 1. The van der Waals surface area contributed by atoms with Gasteiger partial charge in [0, 0.05) is 12.6 Å². The van der Waals surface area contributed by atoms with Crippen molar-refractivity contribution in [3.8, 4) is 16.9 Å². The van der Waals surface area contributed by atoms with Gasteiger partial charge in [0.1, 0.15) is 5.75 Å². The highest BCUT2D eigenvalue weighted by Crippen LogP contribution is 2.32. The molecule has 0 fully saturated rings. The summed E-state index contributed by atoms with van der Waals surface area (Å²) >= 11 is 0. The van der Waals surface area contributed by atoms with Crippen LogP contribution in [0.2, 0.25) is 0 Å². The van der Waals surface area contributed by atoms with E-state index in [1.807, 2.05) is 43.3 Å². The molecule has 174 valence electrons. The lowest BCUT2D eigenvalue weighted by molar-refractivity contribution is 0.0696. The van der Waals surface area contributed by atoms with Crippen molar-refractivity contribution in [3.63, 3.8) is 0 Å². The zero-order valence-corrected chi connectivity index (χ0v) is 20.0. The Hall–Kier alpha value is -3.63. The van der Waals surface area contributed by atoms with Crippen LogP contribution in [0.1, 0.15) is 53.4 Å². The Kier molecular flexibility index (Phi) is 7.29. The largest absolute Gasteiger partial charge is 0.494 e. The molecule has 0 spiro atoms. The Morgan fingerprint density at radius 3 is 2.62 bits per heavy atom. The molecule has 2 N–H and O–H groups in total. The van der Waals surface area contributed by atoms with Gasteiger partial charge in [0.05, 0.1) is 12.2 Å². The molecule has 0 saturated carbocycles. The lowest BCUT2D eigenvalue weighted by Crippen LogP contribution is -2.18. The Balaban J connectivity index is 1.62. The number of aryl methyl sites for hydroxylation is 1. The minimum atomic E-state index is -0.902. The number of nitrogens with one attached hydrogen (secondary N) is 1. The van der Waals surface area contributed by atoms with Crippen molar-refractivity contribution in [1.82, 2.24) is 5.32 Å². The molecule has 0 radical (unpaired) electrons. The van der Waals surface area contributed by atoms with Crippen molar-refractivity contribution in [1.29, 1.82) is 0 Å². The standard InChI is InChI=1S/C30H31NO3/c1-4-14-34-26-10-7-9-23(17-26)21(3)31-19-22-15-24-8-5-6-11-27(24)29(16-22)25-13-12-20(2)28(18-25)30(32)33/h5-13,15-18,21,31H,4,14,19H2,1-3H3,(H,32,33). The topological polar surface area (TPSA) is 58.6 Å². The Bertz CT molecular complexity index is 1310. The SMILES string of the molecule is CCCOc1cccc(C(C)NCc2cc(-c3ccc(C)c(C(=O)O)c3)c3ccccc3c2)c1. The molecule has 34 heavy (non-hydrogen) atoms. The molecule has 0 heterocycles. The van der Waals surface area contributed by atoms with E-state index in [2.05, 4.69) is 55.6 Å². The molecule has 4 heteroatoms. The van der Waals surface area contributed by atoms with E-state index in [0.717, 1.165) is 45.2 Å². The molecule has 1 atom stereocenters. The third-order valence-electron chi connectivity index (χ3n) is 6.14. The predicted octanol–water partition coefficient (Wildman–Crippen LogP) is 7.15. The zero-order chi connectivity index (χ0) is 24.1. The number of carboxylic acid groups (broad SMARTS) is 1. The van der Waals surface area contributed by atoms with Crippen LogP contribution in [0.25, 0.3) is 21.9 Å². The Labute approximate surface area is 201 Å². The average Bonchev–Trinajstić information content (AvgIpc) is 2.85. The van der Waals surface area contributed by atoms with Crippen molar-refractivity contribution in [3.05, 3.63) is 101 Å². The van der Waals surface area contributed by atoms with Gasteiger partial charge in [-0.3, -0.25) is 0 Å². The monoisotopic (exact) mass is 453 g/mol. The van der Waals surface area contributed by atoms with Crippen LogP contribution in [-0.2, 0) is 6.54 Å². The summed E-state index contributed by atoms with van der Waals surface area (Å²) in [5.74, 6) is -0.00459. The molecule has 0 saturated heterocycles. The van der Waals surface area contributed by atoms with E-state index < -0.39 is 5.97 Å². The second-order valence-corrected chi connectivity index (χ2v) is 8.72. The van der Waals surface area contributed by atoms with Gasteiger partial charge < -0.3 is 15.2 Å². The number of hydrogen-bond acceptors (Lipinski definition) is 3. The fourth-order valence-electron chi connectivity index (χ4n) is 4.22. The van der Waals surface area contributed by atoms with Gasteiger partial charge in [-0.05, 0) is 89.2 Å². The summed E-state index contributed by atoms with van der Waals surface area (Å²) in [5, 5.41) is 15.5. The van der Waals surface area contributed by atoms with E-state index in [1.165, 1.54) is 5.56 Å². The maximum atomic E-state index is 11.7. The van der Waals surface area contributed by atoms with Gasteiger partial charge >= 0.3 is 5.97 Å². The highest BCUT2D eigenvalue weighted by atomic mass is 16.5. The lowest BCUT2D eigenvalue weighted by Gasteiger charge is -2.17. The first-order chi connectivity index (χ1) is 16.5. The van der Waals surface area contributed by atoms with Crippen LogP contribution < -0.4 is 10.1 Å². The van der Waals surface area contributed by atoms with Gasteiger partial charge in [0.25, 0.3) is 0 Å². The van der Waals surface area contributed by atoms with E-state index in [0.29, 0.717) is 18.7 Å². The Morgan fingerprint density at radius 2 is 1.82 bits per heavy atom. The maximum Gasteiger partial charge on any atom is 0.335 e. The molecule has 0 aliphatic heterocycles. The molecule has 1 unspecified atom stereocenters. The molecule has 4 aromatic carbocycles. The van der Waals surface area contributed by atoms with Crippen LogP contribution in [0.4, 0.5) is 0 Å². The number of benzene rings is 4. The molecule has 0 aliphatic carbocycles. The summed E-state index contributed by atoms with van der Waals surface area (Å²) in [7, 11) is 0. The predicted molar refractivity (Wildman–Crippen MR) is 139 cm³/mol. The average molecular weight is 454 g/mol. The van der Waals surface area contributed by atoms with Crippen LogP contribution >= 0.6 is 0 Å². The molecular weight excluding hydrogens is 422 g/mol. The highest BCUT2D eigenvalue weighted by molar-refractivity contribution is 5.99. The van der Waals surface area contributed by atoms with E-state index in [9.17, 15) is 9.90 Å². The molecule has 4 rings (SSSR count). The Morgan fingerprint density at radius 1 is 1.00 bits per heavy atom. The zero-order valence-electron chi connectivity index (χ0n) is 20.0. The van der Waals surface area contributed by atoms with E-state index in [-0.39, 0.29) is 6.04 Å². The molecule has 0 amide bonds. The maximum absolute atomic E-state index is 11.7. The second kappa shape index (κ2) is 10.5. The molecule has 0 aliphatic rings. The van der Waals surface area contributed by atoms with Crippen LogP contribution in [0.3, 0.4) is 0 Å². The number of ether oxygens (including phenoxy) is 1. The fraction of sp³-hybridized carbons (Fsp3) is 0.233. The summed E-state index contributed by atoms with van der Waals surface area (Å²) in [5.41, 5.74) is 5.38. The third-order valence-corrected chi connectivity index (χ3v) is 6.14. The summed E-state index contributed by atoms with van der Waals surface area (Å²) in [4.78, 5) is 11.7. The van der Waals surface area contributed by atoms with E-state index >= 15 is 0 Å². The summed E-state index contributed by atoms with van der Waals surface area (Å²) in [6.45, 7) is 7.49. The van der Waals surface area contributed by atoms with Crippen LogP contribution in [0, 0.1) is 6.92 Å². The fourth-order valence-corrected chi connectivity index (χ4v) is 4.22. The van der Waals surface area contributed by atoms with E-state index in [1.54, 1.807) is 6.07 Å². The minimum Gasteiger partial charge on any atom is -0.494 e. The van der Waals surface area contributed by atoms with Gasteiger partial charge in [-0.25, -0.2) is 4.79 Å². The van der Waals surface area contributed by atoms with Crippen molar-refractivity contribution < 1.29 is 14.6 Å². The number of rotatable bonds is 9. The van der Waals surface area contributed by atoms with Gasteiger partial charge in [0.2, 0.25) is 0 Å². The van der Waals surface area contributed by atoms with Crippen molar-refractivity contribution in [2.45, 2.75) is 39.8 Å². The van der Waals surface area contributed by atoms with Crippen molar-refractivity contribution >= 4 is 16.7 Å². The number of fused-ring (bicyclic) bond motifs is 1. The summed E-state index contributed by atoms with van der Waals surface area (Å²) < 4.78 is 5.79. The number of hydrogen-bond donors (Lipinski definition) is 2. The minimum absolute atomic E-state index is 0.151. The van der Waals surface area contributed by atoms with Crippen LogP contribution in [0.15, 0.2) is 78.9 Å². The highest BCUT2D eigenvalue weighted by Gasteiger charge is 2.13. The lowest BCUT2D eigenvalue weighted by atomic mass is 9.93. The van der Waals surface area contributed by atoms with E-state index in [4.69, 9.17) is 4.74 Å². The molecular formula is C30H31NO3. The van der Waals surface area contributed by atoms with Crippen LogP contribution in [0.5, 0.6) is 5.75 Å². The van der Waals surface area contributed by atoms with Gasteiger partial charge in [-0.15, -0.1) is 0 Å². The smallest absolute Gasteiger partial charge is 0.335 e. The van der Waals surface area contributed by atoms with Gasteiger partial charge in [0.15, 0.2) is 0 Å². The molecule has 4 aromatic rings. The second-order valence-electron chi connectivity index (χ2n) is 8.72. The van der Waals surface area contributed by atoms with Crippen molar-refractivity contribution in [2.24, 2.45) is 0 Å². The first kappa shape index (κ1) is 23.5. The number of aromatic carboxylic acids is 1. The van der Waals surface area contributed by atoms with Crippen LogP contribution in [-0.4, -0.2) is 17.7 Å². The normalized spacial score (nSPS) is 12.0. The third kappa shape index (κ3) is 5.29. The van der Waals surface area contributed by atoms with Crippen molar-refractivity contribution in [2.75, 3.05) is 6.61 Å². The molecule has 4 nitrogen and oxygen atoms in total. The van der Waals surface area contributed by atoms with Gasteiger partial charge in [-0.2, -0.15) is 0 Å². The summed E-state index contributed by atoms with van der Waals surface area (Å²) in [6, 6.07) is 26.7. The summed E-state index contributed by atoms with van der Waals surface area (Å²) in [6.07, 6.45) is 0.983.